The predicted octanol–water partition coefficient (Wildman–Crippen LogP) is 4.54. The van der Waals surface area contributed by atoms with Crippen LogP contribution in [0.15, 0.2) is 48.5 Å². The molecule has 1 N–H and O–H groups in total. The summed E-state index contributed by atoms with van der Waals surface area (Å²) >= 11 is 0. The van der Waals surface area contributed by atoms with Gasteiger partial charge in [-0.05, 0) is 42.5 Å². The minimum absolute atomic E-state index is 0.327. The molecule has 0 aliphatic heterocycles. The molecular weight excluding hydrogens is 293 g/mol. The van der Waals surface area contributed by atoms with Crippen LogP contribution in [-0.4, -0.2) is 17.6 Å². The molecular formula is C19H16FNO2. The van der Waals surface area contributed by atoms with Crippen molar-refractivity contribution >= 4 is 16.9 Å². The molecule has 0 spiro atoms. The van der Waals surface area contributed by atoms with E-state index in [9.17, 15) is 9.18 Å². The lowest BCUT2D eigenvalue weighted by atomic mass is 10.0. The summed E-state index contributed by atoms with van der Waals surface area (Å²) in [5.41, 5.74) is 2.67. The van der Waals surface area contributed by atoms with Crippen molar-refractivity contribution in [3.8, 4) is 11.1 Å². The van der Waals surface area contributed by atoms with Crippen LogP contribution in [0, 0.1) is 11.7 Å². The maximum Gasteiger partial charge on any atom is 0.355 e. The first kappa shape index (κ1) is 14.0. The summed E-state index contributed by atoms with van der Waals surface area (Å²) in [6.07, 6.45) is 2.24. The number of aromatic amines is 1. The SMILES string of the molecule is O=C(OCC1CC1)c1[nH]c2ccc(F)cc2c1-c1ccccc1. The number of H-pyrrole nitrogens is 1. The number of rotatable bonds is 4. The molecule has 0 saturated heterocycles. The number of aromatic nitrogens is 1. The van der Waals surface area contributed by atoms with E-state index in [4.69, 9.17) is 4.74 Å². The molecule has 0 amide bonds. The minimum atomic E-state index is -0.382. The predicted molar refractivity (Wildman–Crippen MR) is 86.7 cm³/mol. The molecule has 1 aliphatic rings. The fraction of sp³-hybridized carbons (Fsp3) is 0.211. The summed E-state index contributed by atoms with van der Waals surface area (Å²) in [5, 5.41) is 0.689. The van der Waals surface area contributed by atoms with Gasteiger partial charge in [0.1, 0.15) is 11.5 Å². The van der Waals surface area contributed by atoms with Gasteiger partial charge < -0.3 is 9.72 Å². The molecule has 4 heteroatoms. The molecule has 116 valence electrons. The molecule has 4 rings (SSSR count). The summed E-state index contributed by atoms with van der Waals surface area (Å²) in [6, 6.07) is 14.0. The second-order valence-corrected chi connectivity index (χ2v) is 5.97. The van der Waals surface area contributed by atoms with E-state index < -0.39 is 0 Å². The molecule has 3 aromatic rings. The number of fused-ring (bicyclic) bond motifs is 1. The van der Waals surface area contributed by atoms with Crippen molar-refractivity contribution in [3.63, 3.8) is 0 Å². The van der Waals surface area contributed by atoms with Gasteiger partial charge in [-0.1, -0.05) is 30.3 Å². The monoisotopic (exact) mass is 309 g/mol. The van der Waals surface area contributed by atoms with E-state index in [-0.39, 0.29) is 11.8 Å². The lowest BCUT2D eigenvalue weighted by Crippen LogP contribution is -2.09. The third-order valence-corrected chi connectivity index (χ3v) is 4.17. The van der Waals surface area contributed by atoms with E-state index in [1.54, 1.807) is 6.07 Å². The van der Waals surface area contributed by atoms with Crippen LogP contribution in [0.1, 0.15) is 23.3 Å². The van der Waals surface area contributed by atoms with Gasteiger partial charge in [-0.2, -0.15) is 0 Å². The average molecular weight is 309 g/mol. The summed E-state index contributed by atoms with van der Waals surface area (Å²) in [4.78, 5) is 15.6. The number of carbonyl (C=O) groups excluding carboxylic acids is 1. The van der Waals surface area contributed by atoms with E-state index in [0.29, 0.717) is 29.2 Å². The van der Waals surface area contributed by atoms with Gasteiger partial charge in [0, 0.05) is 16.5 Å². The number of carbonyl (C=O) groups is 1. The first-order valence-electron chi connectivity index (χ1n) is 7.76. The van der Waals surface area contributed by atoms with Crippen molar-refractivity contribution in [2.45, 2.75) is 12.8 Å². The Morgan fingerprint density at radius 2 is 1.96 bits per heavy atom. The Morgan fingerprint density at radius 3 is 2.70 bits per heavy atom. The molecule has 0 atom stereocenters. The Balaban J connectivity index is 1.83. The highest BCUT2D eigenvalue weighted by atomic mass is 19.1. The Labute approximate surface area is 133 Å². The van der Waals surface area contributed by atoms with Crippen LogP contribution in [0.2, 0.25) is 0 Å². The lowest BCUT2D eigenvalue weighted by Gasteiger charge is -2.06. The van der Waals surface area contributed by atoms with E-state index in [1.807, 2.05) is 30.3 Å². The van der Waals surface area contributed by atoms with Crippen molar-refractivity contribution in [1.29, 1.82) is 0 Å². The topological polar surface area (TPSA) is 42.1 Å². The van der Waals surface area contributed by atoms with Gasteiger partial charge in [-0.25, -0.2) is 9.18 Å². The van der Waals surface area contributed by atoms with Crippen LogP contribution in [0.4, 0.5) is 4.39 Å². The fourth-order valence-corrected chi connectivity index (χ4v) is 2.77. The summed E-state index contributed by atoms with van der Waals surface area (Å²) in [7, 11) is 0. The van der Waals surface area contributed by atoms with Crippen LogP contribution >= 0.6 is 0 Å². The maximum absolute atomic E-state index is 13.7. The maximum atomic E-state index is 13.7. The Bertz CT molecular complexity index is 866. The van der Waals surface area contributed by atoms with Crippen molar-refractivity contribution in [2.75, 3.05) is 6.61 Å². The summed E-state index contributed by atoms with van der Waals surface area (Å²) < 4.78 is 19.1. The quantitative estimate of drug-likeness (QED) is 0.719. The summed E-state index contributed by atoms with van der Waals surface area (Å²) in [6.45, 7) is 0.455. The number of hydrogen-bond donors (Lipinski definition) is 1. The molecule has 23 heavy (non-hydrogen) atoms. The number of esters is 1. The minimum Gasteiger partial charge on any atom is -0.461 e. The van der Waals surface area contributed by atoms with Crippen LogP contribution in [-0.2, 0) is 4.74 Å². The van der Waals surface area contributed by atoms with Gasteiger partial charge in [0.15, 0.2) is 0 Å². The second kappa shape index (κ2) is 5.54. The van der Waals surface area contributed by atoms with E-state index in [0.717, 1.165) is 23.9 Å². The van der Waals surface area contributed by atoms with Gasteiger partial charge >= 0.3 is 5.97 Å². The lowest BCUT2D eigenvalue weighted by molar-refractivity contribution is 0.0481. The number of hydrogen-bond acceptors (Lipinski definition) is 2. The smallest absolute Gasteiger partial charge is 0.355 e. The van der Waals surface area contributed by atoms with Crippen LogP contribution in [0.5, 0.6) is 0 Å². The number of nitrogens with one attached hydrogen (secondary N) is 1. The second-order valence-electron chi connectivity index (χ2n) is 5.97. The molecule has 1 aromatic heterocycles. The molecule has 1 fully saturated rings. The average Bonchev–Trinajstić information content (AvgIpc) is 3.32. The van der Waals surface area contributed by atoms with Crippen molar-refractivity contribution in [3.05, 3.63) is 60.0 Å². The zero-order valence-electron chi connectivity index (χ0n) is 12.5. The highest BCUT2D eigenvalue weighted by molar-refractivity contribution is 6.08. The molecule has 0 unspecified atom stereocenters. The molecule has 3 nitrogen and oxygen atoms in total. The standard InChI is InChI=1S/C19H16FNO2/c20-14-8-9-16-15(10-14)17(13-4-2-1-3-5-13)18(21-16)19(22)23-11-12-6-7-12/h1-5,8-10,12,21H,6-7,11H2. The van der Waals surface area contributed by atoms with Gasteiger partial charge in [0.2, 0.25) is 0 Å². The Hall–Kier alpha value is -2.62. The van der Waals surface area contributed by atoms with Crippen molar-refractivity contribution < 1.29 is 13.9 Å². The molecule has 0 bridgehead atoms. The molecule has 1 heterocycles. The van der Waals surface area contributed by atoms with Gasteiger partial charge in [0.25, 0.3) is 0 Å². The molecule has 0 radical (unpaired) electrons. The number of benzene rings is 2. The summed E-state index contributed by atoms with van der Waals surface area (Å²) in [5.74, 6) is -0.208. The number of halogens is 1. The van der Waals surface area contributed by atoms with Crippen LogP contribution in [0.3, 0.4) is 0 Å². The fourth-order valence-electron chi connectivity index (χ4n) is 2.77. The first-order valence-corrected chi connectivity index (χ1v) is 7.76. The largest absolute Gasteiger partial charge is 0.461 e. The van der Waals surface area contributed by atoms with Crippen LogP contribution < -0.4 is 0 Å². The van der Waals surface area contributed by atoms with Crippen molar-refractivity contribution in [2.24, 2.45) is 5.92 Å². The van der Waals surface area contributed by atoms with E-state index >= 15 is 0 Å². The van der Waals surface area contributed by atoms with Crippen LogP contribution in [0.25, 0.3) is 22.0 Å². The van der Waals surface area contributed by atoms with Crippen molar-refractivity contribution in [1.82, 2.24) is 4.98 Å². The highest BCUT2D eigenvalue weighted by Crippen LogP contribution is 2.34. The van der Waals surface area contributed by atoms with E-state index in [1.165, 1.54) is 12.1 Å². The molecule has 1 aliphatic carbocycles. The van der Waals surface area contributed by atoms with Gasteiger partial charge in [-0.3, -0.25) is 0 Å². The third kappa shape index (κ3) is 2.72. The zero-order valence-corrected chi connectivity index (χ0v) is 12.5. The Kier molecular flexibility index (Phi) is 3.37. The highest BCUT2D eigenvalue weighted by Gasteiger charge is 2.26. The van der Waals surface area contributed by atoms with Gasteiger partial charge in [0.05, 0.1) is 6.61 Å². The normalized spacial score (nSPS) is 14.1. The molecule has 1 saturated carbocycles. The Morgan fingerprint density at radius 1 is 1.17 bits per heavy atom. The number of ether oxygens (including phenoxy) is 1. The molecule has 2 aromatic carbocycles. The van der Waals surface area contributed by atoms with E-state index in [2.05, 4.69) is 4.98 Å². The zero-order chi connectivity index (χ0) is 15.8. The first-order chi connectivity index (χ1) is 11.2. The van der Waals surface area contributed by atoms with Gasteiger partial charge in [-0.15, -0.1) is 0 Å². The third-order valence-electron chi connectivity index (χ3n) is 4.17.